The maximum Gasteiger partial charge on any atom is 0.306 e. The van der Waals surface area contributed by atoms with Crippen molar-refractivity contribution in [3.63, 3.8) is 0 Å². The minimum Gasteiger partial charge on any atom is -0.455 e. The van der Waals surface area contributed by atoms with Crippen molar-refractivity contribution in [2.75, 3.05) is 13.2 Å². The molecule has 8 aliphatic rings. The zero-order valence-electron chi connectivity index (χ0n) is 47.4. The van der Waals surface area contributed by atoms with Crippen molar-refractivity contribution >= 4 is 11.9 Å². The summed E-state index contributed by atoms with van der Waals surface area (Å²) in [7, 11) is 0. The molecule has 13 nitrogen and oxygen atoms in total. The topological polar surface area (TPSA) is 136 Å². The molecule has 0 radical (unpaired) electrons. The van der Waals surface area contributed by atoms with Crippen LogP contribution in [-0.4, -0.2) is 104 Å². The van der Waals surface area contributed by atoms with E-state index < -0.39 is 78.8 Å². The van der Waals surface area contributed by atoms with Crippen LogP contribution in [0, 0.1) is 0 Å². The molecule has 75 heavy (non-hydrogen) atoms. The van der Waals surface area contributed by atoms with Gasteiger partial charge in [0.05, 0.1) is 13.2 Å². The molecule has 0 bridgehead atoms. The molecule has 5 heterocycles. The number of carbonyl (C=O) groups is 2. The average molecular weight is 1060 g/mol. The first-order chi connectivity index (χ1) is 36.8. The predicted octanol–water partition coefficient (Wildman–Crippen LogP) is 14.8. The Morgan fingerprint density at radius 2 is 0.720 bits per heavy atom. The van der Waals surface area contributed by atoms with Gasteiger partial charge >= 0.3 is 11.9 Å². The van der Waals surface area contributed by atoms with Gasteiger partial charge in [0.25, 0.3) is 0 Å². The van der Waals surface area contributed by atoms with Crippen LogP contribution in [0.4, 0.5) is 0 Å². The second-order valence-electron chi connectivity index (χ2n) is 24.5. The van der Waals surface area contributed by atoms with Gasteiger partial charge in [0.1, 0.15) is 36.6 Å². The predicted molar refractivity (Wildman–Crippen MR) is 288 cm³/mol. The molecule has 0 amide bonds. The van der Waals surface area contributed by atoms with E-state index >= 15 is 0 Å². The van der Waals surface area contributed by atoms with Crippen LogP contribution in [0.2, 0.25) is 0 Å². The van der Waals surface area contributed by atoms with E-state index in [4.69, 9.17) is 52.1 Å². The van der Waals surface area contributed by atoms with Crippen LogP contribution in [0.25, 0.3) is 0 Å². The van der Waals surface area contributed by atoms with E-state index in [1.54, 1.807) is 0 Å². The molecule has 0 unspecified atom stereocenters. The fraction of sp³-hybridized carbons (Fsp3) is 0.968. The van der Waals surface area contributed by atoms with Gasteiger partial charge in [-0.1, -0.05) is 187 Å². The van der Waals surface area contributed by atoms with Crippen molar-refractivity contribution < 1.29 is 61.7 Å². The molecule has 3 aliphatic carbocycles. The summed E-state index contributed by atoms with van der Waals surface area (Å²) in [6.45, 7) is 5.10. The molecule has 13 heteroatoms. The van der Waals surface area contributed by atoms with E-state index in [9.17, 15) is 9.59 Å². The summed E-state index contributed by atoms with van der Waals surface area (Å²) in [5, 5.41) is 0. The van der Waals surface area contributed by atoms with Crippen molar-refractivity contribution in [3.05, 3.63) is 0 Å². The molecule has 3 saturated carbocycles. The quantitative estimate of drug-likeness (QED) is 0.0467. The average Bonchev–Trinajstić information content (AvgIpc) is 3.85. The van der Waals surface area contributed by atoms with Gasteiger partial charge in [-0.15, -0.1) is 0 Å². The number of fused-ring (bicyclic) bond motifs is 4. The molecule has 8 fully saturated rings. The van der Waals surface area contributed by atoms with E-state index in [-0.39, 0.29) is 31.4 Å². The lowest BCUT2D eigenvalue weighted by atomic mass is 9.90. The summed E-state index contributed by atoms with van der Waals surface area (Å²) < 4.78 is 75.1. The Bertz CT molecular complexity index is 1610. The van der Waals surface area contributed by atoms with Gasteiger partial charge in [-0.3, -0.25) is 9.59 Å². The number of hydrogen-bond donors (Lipinski definition) is 0. The first kappa shape index (κ1) is 59.7. The Morgan fingerprint density at radius 3 is 1.17 bits per heavy atom. The number of hydrogen-bond acceptors (Lipinski definition) is 13. The first-order valence-electron chi connectivity index (χ1n) is 32.2. The molecule has 3 spiro atoms. The zero-order chi connectivity index (χ0) is 52.0. The van der Waals surface area contributed by atoms with Gasteiger partial charge in [-0.25, -0.2) is 0 Å². The second-order valence-corrected chi connectivity index (χ2v) is 24.5. The van der Waals surface area contributed by atoms with Crippen molar-refractivity contribution in [1.82, 2.24) is 0 Å². The fourth-order valence-electron chi connectivity index (χ4n) is 13.8. The minimum atomic E-state index is -1.19. The largest absolute Gasteiger partial charge is 0.455 e. The summed E-state index contributed by atoms with van der Waals surface area (Å²) in [5.41, 5.74) is 0. The Labute approximate surface area is 454 Å². The summed E-state index contributed by atoms with van der Waals surface area (Å²) in [6.07, 6.45) is 38.8. The van der Waals surface area contributed by atoms with Crippen LogP contribution in [0.3, 0.4) is 0 Å². The molecule has 5 aliphatic heterocycles. The van der Waals surface area contributed by atoms with E-state index in [2.05, 4.69) is 13.8 Å². The van der Waals surface area contributed by atoms with Gasteiger partial charge in [-0.2, -0.15) is 0 Å². The van der Waals surface area contributed by atoms with E-state index in [0.29, 0.717) is 13.0 Å². The standard InChI is InChI=1S/C62H106O13/c1-3-5-7-9-11-13-15-17-19-21-23-25-30-38-50(63)69-54-52-48(46-65-60(72-52)40-32-27-33-41-60)67-58(56(54)70-51(64)39-31-26-24-22-20-18-16-14-12-10-8-6-4-2)71-59-57-55(74-62(75-57)44-36-29-37-45-62)53-49(68-59)47-66-61(73-53)42-34-28-35-43-61/h48-49,52-59H,3-47H2,1-2H3/t48-,49-,52-,53-,54+,55+,56-,57-,58-,59-/m1/s1. The third-order valence-corrected chi connectivity index (χ3v) is 18.2. The van der Waals surface area contributed by atoms with Crippen LogP contribution in [0.1, 0.15) is 290 Å². The van der Waals surface area contributed by atoms with Crippen molar-refractivity contribution in [3.8, 4) is 0 Å². The van der Waals surface area contributed by atoms with Crippen molar-refractivity contribution in [2.24, 2.45) is 0 Å². The maximum atomic E-state index is 14.2. The fourth-order valence-corrected chi connectivity index (χ4v) is 13.8. The van der Waals surface area contributed by atoms with Crippen molar-refractivity contribution in [1.29, 1.82) is 0 Å². The highest BCUT2D eigenvalue weighted by Crippen LogP contribution is 2.50. The molecule has 0 aromatic heterocycles. The number of ether oxygens (including phenoxy) is 11. The maximum absolute atomic E-state index is 14.2. The first-order valence-corrected chi connectivity index (χ1v) is 32.2. The Kier molecular flexibility index (Phi) is 25.1. The van der Waals surface area contributed by atoms with Crippen LogP contribution >= 0.6 is 0 Å². The second kappa shape index (κ2) is 31.5. The van der Waals surface area contributed by atoms with Crippen LogP contribution in [-0.2, 0) is 61.7 Å². The minimum absolute atomic E-state index is 0.228. The lowest BCUT2D eigenvalue weighted by Crippen LogP contribution is -2.69. The monoisotopic (exact) mass is 1060 g/mol. The summed E-state index contributed by atoms with van der Waals surface area (Å²) in [6, 6.07) is 0. The number of unbranched alkanes of at least 4 members (excludes halogenated alkanes) is 24. The SMILES string of the molecule is CCCCCCCCCCCCCCCC(=O)O[C@@H]1[C@@H](OC(=O)CCCCCCCCCCCCCCC)[C@@H](O[C@H]2O[C@@H]3COC4(CCCCC4)O[C@H]3[C@@H]3OC4(CCCCC4)O[C@@H]23)O[C@@H]2COC3(CCCCC3)O[C@@H]12. The van der Waals surface area contributed by atoms with E-state index in [1.807, 2.05) is 0 Å². The molecule has 0 aromatic carbocycles. The van der Waals surface area contributed by atoms with Crippen molar-refractivity contribution in [2.45, 2.75) is 369 Å². The lowest BCUT2D eigenvalue weighted by molar-refractivity contribution is -0.427. The van der Waals surface area contributed by atoms with Crippen LogP contribution in [0.5, 0.6) is 0 Å². The van der Waals surface area contributed by atoms with E-state index in [1.165, 1.54) is 135 Å². The Morgan fingerprint density at radius 1 is 0.373 bits per heavy atom. The smallest absolute Gasteiger partial charge is 0.306 e. The molecular weight excluding hydrogens is 953 g/mol. The number of esters is 2. The van der Waals surface area contributed by atoms with Gasteiger partial charge in [0, 0.05) is 51.4 Å². The normalized spacial score (nSPS) is 31.7. The van der Waals surface area contributed by atoms with Crippen LogP contribution < -0.4 is 0 Å². The lowest BCUT2D eigenvalue weighted by Gasteiger charge is -2.54. The Hall–Kier alpha value is -1.42. The highest BCUT2D eigenvalue weighted by molar-refractivity contribution is 5.70. The number of rotatable bonds is 32. The van der Waals surface area contributed by atoms with Gasteiger partial charge in [-0.05, 0) is 51.4 Å². The van der Waals surface area contributed by atoms with E-state index in [0.717, 1.165) is 122 Å². The molecule has 432 valence electrons. The Balaban J connectivity index is 0.934. The molecule has 0 aromatic rings. The molecule has 8 rings (SSSR count). The summed E-state index contributed by atoms with van der Waals surface area (Å²) >= 11 is 0. The van der Waals surface area contributed by atoms with Crippen LogP contribution in [0.15, 0.2) is 0 Å². The van der Waals surface area contributed by atoms with Gasteiger partial charge in [0.2, 0.25) is 6.29 Å². The molecule has 10 atom stereocenters. The zero-order valence-corrected chi connectivity index (χ0v) is 47.4. The van der Waals surface area contributed by atoms with Gasteiger partial charge in [0.15, 0.2) is 35.9 Å². The third kappa shape index (κ3) is 17.8. The highest BCUT2D eigenvalue weighted by atomic mass is 16.8. The van der Waals surface area contributed by atoms with Gasteiger partial charge < -0.3 is 52.1 Å². The highest BCUT2D eigenvalue weighted by Gasteiger charge is 2.64. The molecule has 0 N–H and O–H groups in total. The number of carbonyl (C=O) groups excluding carboxylic acids is 2. The molecule has 5 saturated heterocycles. The summed E-state index contributed by atoms with van der Waals surface area (Å²) in [4.78, 5) is 28.4. The molecular formula is C62H106O13. The summed E-state index contributed by atoms with van der Waals surface area (Å²) in [5.74, 6) is -2.93. The third-order valence-electron chi connectivity index (χ3n) is 18.2.